The highest BCUT2D eigenvalue weighted by Gasteiger charge is 2.49. The van der Waals surface area contributed by atoms with E-state index in [0.717, 1.165) is 81.2 Å². The molecule has 1 unspecified atom stereocenters. The highest BCUT2D eigenvalue weighted by Crippen LogP contribution is 2.42. The molecule has 0 radical (unpaired) electrons. The first-order valence-corrected chi connectivity index (χ1v) is 13.4. The zero-order valence-corrected chi connectivity index (χ0v) is 21.3. The monoisotopic (exact) mass is 474 g/mol. The molecule has 2 fully saturated rings. The van der Waals surface area contributed by atoms with Crippen LogP contribution >= 0.6 is 0 Å². The van der Waals surface area contributed by atoms with Crippen molar-refractivity contribution in [3.63, 3.8) is 0 Å². The van der Waals surface area contributed by atoms with E-state index in [1.807, 2.05) is 35.2 Å². The van der Waals surface area contributed by atoms with Gasteiger partial charge in [0.15, 0.2) is 5.60 Å². The van der Waals surface area contributed by atoms with Crippen LogP contribution in [0.25, 0.3) is 0 Å². The van der Waals surface area contributed by atoms with Crippen LogP contribution in [0.2, 0.25) is 0 Å². The van der Waals surface area contributed by atoms with Crippen LogP contribution in [0, 0.1) is 5.92 Å². The molecular formula is C30H40N3O2+. The summed E-state index contributed by atoms with van der Waals surface area (Å²) < 4.78 is 0.939. The number of fused-ring (bicyclic) bond motifs is 1. The molecule has 2 aromatic rings. The summed E-state index contributed by atoms with van der Waals surface area (Å²) >= 11 is 0. The molecule has 1 N–H and O–H groups in total. The number of rotatable bonds is 7. The van der Waals surface area contributed by atoms with Crippen molar-refractivity contribution in [2.45, 2.75) is 63.1 Å². The van der Waals surface area contributed by atoms with E-state index in [1.54, 1.807) is 0 Å². The quantitative estimate of drug-likeness (QED) is 0.600. The van der Waals surface area contributed by atoms with Gasteiger partial charge in [0.05, 0.1) is 33.2 Å². The molecule has 1 saturated carbocycles. The van der Waals surface area contributed by atoms with Crippen LogP contribution in [0.3, 0.4) is 0 Å². The van der Waals surface area contributed by atoms with Gasteiger partial charge in [-0.15, -0.1) is 0 Å². The van der Waals surface area contributed by atoms with Crippen molar-refractivity contribution in [2.24, 2.45) is 10.9 Å². The molecule has 0 aromatic heterocycles. The van der Waals surface area contributed by atoms with Crippen molar-refractivity contribution in [3.8, 4) is 0 Å². The van der Waals surface area contributed by atoms with Gasteiger partial charge in [-0.3, -0.25) is 9.79 Å². The minimum Gasteiger partial charge on any atom is -0.375 e. The van der Waals surface area contributed by atoms with Gasteiger partial charge in [0.2, 0.25) is 0 Å². The second-order valence-electron chi connectivity index (χ2n) is 11.3. The first-order chi connectivity index (χ1) is 16.9. The third-order valence-corrected chi connectivity index (χ3v) is 8.92. The average Bonchev–Trinajstić information content (AvgIpc) is 3.58. The Balaban J connectivity index is 1.22. The Morgan fingerprint density at radius 1 is 1.00 bits per heavy atom. The van der Waals surface area contributed by atoms with E-state index >= 15 is 0 Å². The van der Waals surface area contributed by atoms with Gasteiger partial charge in [0.1, 0.15) is 0 Å². The van der Waals surface area contributed by atoms with Gasteiger partial charge < -0.3 is 14.5 Å². The van der Waals surface area contributed by atoms with Crippen LogP contribution in [0.1, 0.15) is 61.6 Å². The van der Waals surface area contributed by atoms with Crippen LogP contribution < -0.4 is 0 Å². The number of hydrogen-bond donors (Lipinski definition) is 1. The Hall–Kier alpha value is -2.50. The van der Waals surface area contributed by atoms with E-state index in [1.165, 1.54) is 16.8 Å². The zero-order chi connectivity index (χ0) is 24.5. The summed E-state index contributed by atoms with van der Waals surface area (Å²) in [5.74, 6) is -0.0753. The predicted molar refractivity (Wildman–Crippen MR) is 140 cm³/mol. The number of quaternary nitrogens is 1. The lowest BCUT2D eigenvalue weighted by Crippen LogP contribution is -2.58. The Morgan fingerprint density at radius 2 is 1.66 bits per heavy atom. The molecule has 2 aliphatic heterocycles. The molecule has 1 aliphatic carbocycles. The summed E-state index contributed by atoms with van der Waals surface area (Å²) in [6, 6.07) is 18.7. The molecule has 5 heteroatoms. The fraction of sp³-hybridized carbons (Fsp3) is 0.533. The van der Waals surface area contributed by atoms with Gasteiger partial charge >= 0.3 is 0 Å². The lowest BCUT2D eigenvalue weighted by molar-refractivity contribution is -0.915. The normalized spacial score (nSPS) is 21.0. The fourth-order valence-corrected chi connectivity index (χ4v) is 6.57. The first kappa shape index (κ1) is 24.2. The number of likely N-dealkylation sites (tertiary alicyclic amines) is 1. The van der Waals surface area contributed by atoms with Crippen molar-refractivity contribution in [1.82, 2.24) is 4.90 Å². The minimum atomic E-state index is -1.40. The van der Waals surface area contributed by atoms with Gasteiger partial charge in [0.25, 0.3) is 5.91 Å². The summed E-state index contributed by atoms with van der Waals surface area (Å²) in [4.78, 5) is 20.6. The number of carbonyl (C=O) groups excluding carboxylic acids is 1. The fourth-order valence-electron chi connectivity index (χ4n) is 6.57. The molecule has 0 spiro atoms. The van der Waals surface area contributed by atoms with Crippen molar-refractivity contribution in [2.75, 3.05) is 33.7 Å². The number of benzene rings is 2. The van der Waals surface area contributed by atoms with Crippen LogP contribution in [-0.2, 0) is 16.9 Å². The van der Waals surface area contributed by atoms with Gasteiger partial charge in [-0.25, -0.2) is 0 Å². The summed E-state index contributed by atoms with van der Waals surface area (Å²) in [6.45, 7) is 3.29. The third-order valence-electron chi connectivity index (χ3n) is 8.92. The topological polar surface area (TPSA) is 52.9 Å². The second-order valence-corrected chi connectivity index (χ2v) is 11.3. The Morgan fingerprint density at radius 3 is 2.37 bits per heavy atom. The van der Waals surface area contributed by atoms with E-state index in [9.17, 15) is 9.90 Å². The van der Waals surface area contributed by atoms with Gasteiger partial charge in [0, 0.05) is 49.5 Å². The molecule has 1 saturated heterocycles. The lowest BCUT2D eigenvalue weighted by Gasteiger charge is -2.45. The minimum absolute atomic E-state index is 0.0115. The van der Waals surface area contributed by atoms with Gasteiger partial charge in [-0.05, 0) is 24.0 Å². The van der Waals surface area contributed by atoms with E-state index < -0.39 is 5.60 Å². The van der Waals surface area contributed by atoms with E-state index in [2.05, 4.69) is 38.4 Å². The van der Waals surface area contributed by atoms with Crippen molar-refractivity contribution in [3.05, 3.63) is 71.3 Å². The maximum atomic E-state index is 13.8. The summed E-state index contributed by atoms with van der Waals surface area (Å²) in [5.41, 5.74) is 3.26. The molecule has 186 valence electrons. The van der Waals surface area contributed by atoms with Crippen LogP contribution in [-0.4, -0.2) is 65.9 Å². The molecule has 1 amide bonds. The zero-order valence-electron chi connectivity index (χ0n) is 21.3. The van der Waals surface area contributed by atoms with Crippen LogP contribution in [0.5, 0.6) is 0 Å². The number of amides is 1. The molecular weight excluding hydrogens is 434 g/mol. The molecule has 2 aromatic carbocycles. The first-order valence-electron chi connectivity index (χ1n) is 13.4. The number of carbonyl (C=O) groups is 1. The molecule has 35 heavy (non-hydrogen) atoms. The largest absolute Gasteiger partial charge is 0.375 e. The third kappa shape index (κ3) is 4.68. The molecule has 5 rings (SSSR count). The number of aliphatic imine (C=N–C) groups is 1. The Kier molecular flexibility index (Phi) is 6.82. The highest BCUT2D eigenvalue weighted by molar-refractivity contribution is 6.03. The lowest BCUT2D eigenvalue weighted by atomic mass is 9.78. The van der Waals surface area contributed by atoms with Crippen molar-refractivity contribution in [1.29, 1.82) is 0 Å². The highest BCUT2D eigenvalue weighted by atomic mass is 16.3. The average molecular weight is 475 g/mol. The van der Waals surface area contributed by atoms with Crippen LogP contribution in [0.4, 0.5) is 0 Å². The van der Waals surface area contributed by atoms with E-state index in [0.29, 0.717) is 6.04 Å². The molecule has 1 atom stereocenters. The van der Waals surface area contributed by atoms with Crippen LogP contribution in [0.15, 0.2) is 59.6 Å². The molecule has 5 nitrogen and oxygen atoms in total. The number of nitrogens with zero attached hydrogens (tertiary/aromatic N) is 3. The molecule has 0 bridgehead atoms. The van der Waals surface area contributed by atoms with E-state index in [4.69, 9.17) is 4.99 Å². The Labute approximate surface area is 210 Å². The maximum absolute atomic E-state index is 13.8. The summed E-state index contributed by atoms with van der Waals surface area (Å²) in [5, 5.41) is 11.9. The van der Waals surface area contributed by atoms with Crippen molar-refractivity contribution < 1.29 is 14.4 Å². The predicted octanol–water partition coefficient (Wildman–Crippen LogP) is 4.52. The smallest absolute Gasteiger partial charge is 0.259 e. The maximum Gasteiger partial charge on any atom is 0.259 e. The second kappa shape index (κ2) is 9.87. The van der Waals surface area contributed by atoms with Crippen molar-refractivity contribution >= 4 is 11.6 Å². The SMILES string of the molecule is C[N+](C)(CCC1=NCc2ccccc21)C1CCN(C(=O)C(O)(c2ccccc2)C2CCCC2)CC1. The summed E-state index contributed by atoms with van der Waals surface area (Å²) in [7, 11) is 4.64. The molecule has 3 aliphatic rings. The van der Waals surface area contributed by atoms with E-state index in [-0.39, 0.29) is 11.8 Å². The number of hydrogen-bond acceptors (Lipinski definition) is 3. The number of aliphatic hydroxyl groups is 1. The number of piperidine rings is 1. The van der Waals surface area contributed by atoms with Gasteiger partial charge in [-0.1, -0.05) is 67.4 Å². The standard InChI is InChI=1S/C30H40N3O2/c1-33(2,21-18-28-27-15-9-6-10-23(27)22-31-28)26-16-19-32(20-17-26)29(34)30(35,25-13-7-8-14-25)24-11-4-3-5-12-24/h3-6,9-12,15,25-26,35H,7-8,13-14,16-22H2,1-2H3/q+1. The molecule has 2 heterocycles. The Bertz CT molecular complexity index is 1070. The van der Waals surface area contributed by atoms with Gasteiger partial charge in [-0.2, -0.15) is 0 Å². The summed E-state index contributed by atoms with van der Waals surface area (Å²) in [6.07, 6.45) is 6.95.